The van der Waals surface area contributed by atoms with Gasteiger partial charge in [0.05, 0.1) is 13.7 Å². The summed E-state index contributed by atoms with van der Waals surface area (Å²) >= 11 is 0. The molecule has 1 saturated heterocycles. The third-order valence-electron chi connectivity index (χ3n) is 3.15. The van der Waals surface area contributed by atoms with Gasteiger partial charge >= 0.3 is 5.97 Å². The van der Waals surface area contributed by atoms with E-state index in [0.717, 1.165) is 12.8 Å². The monoisotopic (exact) mass is 243 g/mol. The van der Waals surface area contributed by atoms with Crippen LogP contribution in [0.3, 0.4) is 0 Å². The minimum Gasteiger partial charge on any atom is -0.466 e. The fourth-order valence-corrected chi connectivity index (χ4v) is 1.82. The van der Waals surface area contributed by atoms with E-state index in [1.54, 1.807) is 13.0 Å². The third kappa shape index (κ3) is 4.11. The predicted molar refractivity (Wildman–Crippen MR) is 63.6 cm³/mol. The highest BCUT2D eigenvalue weighted by atomic mass is 16.5. The van der Waals surface area contributed by atoms with Gasteiger partial charge in [0.2, 0.25) is 0 Å². The lowest BCUT2D eigenvalue weighted by atomic mass is 9.91. The van der Waals surface area contributed by atoms with Crippen molar-refractivity contribution in [3.8, 4) is 0 Å². The maximum Gasteiger partial charge on any atom is 0.333 e. The highest BCUT2D eigenvalue weighted by Crippen LogP contribution is 2.19. The molecule has 5 heteroatoms. The molecular formula is C12H21NO4. The fourth-order valence-electron chi connectivity index (χ4n) is 1.82. The second kappa shape index (κ2) is 6.74. The average Bonchev–Trinajstić information content (AvgIpc) is 2.38. The molecule has 0 aromatic rings. The molecule has 0 aliphatic carbocycles. The summed E-state index contributed by atoms with van der Waals surface area (Å²) in [5, 5.41) is 12.7. The molecule has 17 heavy (non-hydrogen) atoms. The number of hydrogen-bond acceptors (Lipinski definition) is 5. The van der Waals surface area contributed by atoms with E-state index in [1.165, 1.54) is 7.11 Å². The Morgan fingerprint density at radius 2 is 2.18 bits per heavy atom. The zero-order valence-electron chi connectivity index (χ0n) is 10.5. The first kappa shape index (κ1) is 14.2. The number of esters is 1. The lowest BCUT2D eigenvalue weighted by Crippen LogP contribution is -2.52. The van der Waals surface area contributed by atoms with E-state index < -0.39 is 0 Å². The summed E-state index contributed by atoms with van der Waals surface area (Å²) in [5.41, 5.74) is 0.297. The molecule has 0 unspecified atom stereocenters. The number of nitrogens with one attached hydrogen (secondary N) is 1. The van der Waals surface area contributed by atoms with Gasteiger partial charge in [-0.25, -0.2) is 4.79 Å². The summed E-state index contributed by atoms with van der Waals surface area (Å²) in [6.07, 6.45) is 3.35. The Bertz CT molecular complexity index is 282. The standard InChI is InChI=1S/C12H21NO4/c1-10(11(15)16-2)3-6-13-12(9-14)4-7-17-8-5-12/h3,13-14H,4-9H2,1-2H3. The second-order valence-electron chi connectivity index (χ2n) is 4.31. The van der Waals surface area contributed by atoms with Crippen LogP contribution in [0.4, 0.5) is 0 Å². The van der Waals surface area contributed by atoms with Crippen molar-refractivity contribution in [2.24, 2.45) is 0 Å². The molecule has 0 amide bonds. The first-order chi connectivity index (χ1) is 8.13. The SMILES string of the molecule is COC(=O)C(C)=CCNC1(CO)CCOCC1. The van der Waals surface area contributed by atoms with Crippen molar-refractivity contribution in [3.05, 3.63) is 11.6 Å². The molecular weight excluding hydrogens is 222 g/mol. The number of aliphatic hydroxyl groups excluding tert-OH is 1. The summed E-state index contributed by atoms with van der Waals surface area (Å²) in [7, 11) is 1.36. The minimum atomic E-state index is -0.322. The molecule has 98 valence electrons. The van der Waals surface area contributed by atoms with Crippen LogP contribution in [-0.4, -0.2) is 50.1 Å². The van der Waals surface area contributed by atoms with Crippen LogP contribution >= 0.6 is 0 Å². The van der Waals surface area contributed by atoms with Gasteiger partial charge in [-0.3, -0.25) is 0 Å². The number of aliphatic hydroxyl groups is 1. The van der Waals surface area contributed by atoms with Gasteiger partial charge in [-0.05, 0) is 19.8 Å². The van der Waals surface area contributed by atoms with E-state index in [1.807, 2.05) is 0 Å². The van der Waals surface area contributed by atoms with Gasteiger partial charge in [0.15, 0.2) is 0 Å². The van der Waals surface area contributed by atoms with Crippen LogP contribution in [0, 0.1) is 0 Å². The lowest BCUT2D eigenvalue weighted by Gasteiger charge is -2.36. The van der Waals surface area contributed by atoms with Gasteiger partial charge in [0, 0.05) is 30.9 Å². The van der Waals surface area contributed by atoms with Crippen molar-refractivity contribution in [2.75, 3.05) is 33.5 Å². The smallest absolute Gasteiger partial charge is 0.333 e. The lowest BCUT2D eigenvalue weighted by molar-refractivity contribution is -0.136. The van der Waals surface area contributed by atoms with Crippen LogP contribution in [0.15, 0.2) is 11.6 Å². The van der Waals surface area contributed by atoms with E-state index in [4.69, 9.17) is 4.74 Å². The van der Waals surface area contributed by atoms with Gasteiger partial charge < -0.3 is 19.9 Å². The summed E-state index contributed by atoms with van der Waals surface area (Å²) in [6.45, 7) is 3.66. The Morgan fingerprint density at radius 3 is 2.71 bits per heavy atom. The molecule has 0 aromatic heterocycles. The molecule has 0 radical (unpaired) electrons. The molecule has 0 aromatic carbocycles. The molecule has 1 fully saturated rings. The van der Waals surface area contributed by atoms with Gasteiger partial charge in [0.25, 0.3) is 0 Å². The van der Waals surface area contributed by atoms with E-state index in [0.29, 0.717) is 25.3 Å². The van der Waals surface area contributed by atoms with Crippen LogP contribution in [0.5, 0.6) is 0 Å². The highest BCUT2D eigenvalue weighted by molar-refractivity contribution is 5.87. The van der Waals surface area contributed by atoms with Crippen LogP contribution in [0.2, 0.25) is 0 Å². The Morgan fingerprint density at radius 1 is 1.53 bits per heavy atom. The van der Waals surface area contributed by atoms with E-state index in [2.05, 4.69) is 10.1 Å². The maximum absolute atomic E-state index is 11.2. The van der Waals surface area contributed by atoms with Crippen molar-refractivity contribution in [2.45, 2.75) is 25.3 Å². The zero-order chi connectivity index (χ0) is 12.7. The van der Waals surface area contributed by atoms with E-state index in [9.17, 15) is 9.90 Å². The molecule has 0 bridgehead atoms. The number of hydrogen-bond donors (Lipinski definition) is 2. The largest absolute Gasteiger partial charge is 0.466 e. The van der Waals surface area contributed by atoms with Crippen LogP contribution in [0.25, 0.3) is 0 Å². The minimum absolute atomic E-state index is 0.0848. The van der Waals surface area contributed by atoms with Gasteiger partial charge in [-0.1, -0.05) is 6.08 Å². The number of rotatable bonds is 5. The molecule has 2 N–H and O–H groups in total. The molecule has 1 aliphatic rings. The molecule has 0 spiro atoms. The summed E-state index contributed by atoms with van der Waals surface area (Å²) < 4.78 is 9.87. The normalized spacial score (nSPS) is 20.1. The molecule has 5 nitrogen and oxygen atoms in total. The van der Waals surface area contributed by atoms with Crippen molar-refractivity contribution < 1.29 is 19.4 Å². The Hall–Kier alpha value is -0.910. The van der Waals surface area contributed by atoms with E-state index >= 15 is 0 Å². The van der Waals surface area contributed by atoms with Gasteiger partial charge in [-0.2, -0.15) is 0 Å². The van der Waals surface area contributed by atoms with Crippen molar-refractivity contribution >= 4 is 5.97 Å². The van der Waals surface area contributed by atoms with Crippen LogP contribution in [-0.2, 0) is 14.3 Å². The topological polar surface area (TPSA) is 67.8 Å². The first-order valence-electron chi connectivity index (χ1n) is 5.82. The van der Waals surface area contributed by atoms with Gasteiger partial charge in [-0.15, -0.1) is 0 Å². The number of carbonyl (C=O) groups is 1. The first-order valence-corrected chi connectivity index (χ1v) is 5.82. The number of ether oxygens (including phenoxy) is 2. The Balaban J connectivity index is 2.45. The zero-order valence-corrected chi connectivity index (χ0v) is 10.5. The highest BCUT2D eigenvalue weighted by Gasteiger charge is 2.30. The van der Waals surface area contributed by atoms with Crippen molar-refractivity contribution in [1.29, 1.82) is 0 Å². The van der Waals surface area contributed by atoms with Crippen molar-refractivity contribution in [1.82, 2.24) is 5.32 Å². The Labute approximate surface area is 102 Å². The third-order valence-corrected chi connectivity index (χ3v) is 3.15. The Kier molecular flexibility index (Phi) is 5.61. The quantitative estimate of drug-likeness (QED) is 0.534. The predicted octanol–water partition coefficient (Wildman–Crippen LogP) is 0.237. The fraction of sp³-hybridized carbons (Fsp3) is 0.750. The van der Waals surface area contributed by atoms with Crippen LogP contribution < -0.4 is 5.32 Å². The van der Waals surface area contributed by atoms with Gasteiger partial charge in [0.1, 0.15) is 0 Å². The van der Waals surface area contributed by atoms with Crippen molar-refractivity contribution in [3.63, 3.8) is 0 Å². The summed E-state index contributed by atoms with van der Waals surface area (Å²) in [6, 6.07) is 0. The molecule has 1 heterocycles. The molecule has 0 saturated carbocycles. The van der Waals surface area contributed by atoms with E-state index in [-0.39, 0.29) is 18.1 Å². The molecule has 1 aliphatic heterocycles. The summed E-state index contributed by atoms with van der Waals surface area (Å²) in [4.78, 5) is 11.2. The molecule has 0 atom stereocenters. The number of carbonyl (C=O) groups excluding carboxylic acids is 1. The number of methoxy groups -OCH3 is 1. The maximum atomic E-state index is 11.2. The second-order valence-corrected chi connectivity index (χ2v) is 4.31. The van der Waals surface area contributed by atoms with Crippen LogP contribution in [0.1, 0.15) is 19.8 Å². The average molecular weight is 243 g/mol. The summed E-state index contributed by atoms with van der Waals surface area (Å²) in [5.74, 6) is -0.322. The molecule has 1 rings (SSSR count).